The SMILES string of the molecule is CCCCC1CCC(C(=O)Nc2c(C#N)cnn2-c2cc(C)c3cccc(OC)c3n2)CC1. The smallest absolute Gasteiger partial charge is 0.228 e. The molecular weight excluding hydrogens is 414 g/mol. The number of pyridine rings is 1. The number of hydrogen-bond donors (Lipinski definition) is 1. The number of nitrogens with one attached hydrogen (secondary N) is 1. The third-order valence-electron chi connectivity index (χ3n) is 6.75. The molecule has 172 valence electrons. The van der Waals surface area contributed by atoms with Crippen LogP contribution < -0.4 is 10.1 Å². The van der Waals surface area contributed by atoms with Crippen molar-refractivity contribution in [3.05, 3.63) is 41.6 Å². The van der Waals surface area contributed by atoms with E-state index in [4.69, 9.17) is 9.72 Å². The van der Waals surface area contributed by atoms with Crippen molar-refractivity contribution in [3.63, 3.8) is 0 Å². The number of anilines is 1. The average Bonchev–Trinajstić information content (AvgIpc) is 3.25. The van der Waals surface area contributed by atoms with Gasteiger partial charge >= 0.3 is 0 Å². The Morgan fingerprint density at radius 1 is 1.30 bits per heavy atom. The minimum atomic E-state index is -0.0442. The summed E-state index contributed by atoms with van der Waals surface area (Å²) in [5.41, 5.74) is 2.04. The third kappa shape index (κ3) is 4.70. The summed E-state index contributed by atoms with van der Waals surface area (Å²) in [5, 5.41) is 18.0. The molecule has 0 atom stereocenters. The Morgan fingerprint density at radius 3 is 2.79 bits per heavy atom. The highest BCUT2D eigenvalue weighted by Crippen LogP contribution is 2.33. The van der Waals surface area contributed by atoms with Crippen LogP contribution in [0.2, 0.25) is 0 Å². The van der Waals surface area contributed by atoms with Crippen LogP contribution in [0.15, 0.2) is 30.5 Å². The summed E-state index contributed by atoms with van der Waals surface area (Å²) >= 11 is 0. The number of aryl methyl sites for hydroxylation is 1. The summed E-state index contributed by atoms with van der Waals surface area (Å²) in [6.45, 7) is 4.22. The zero-order chi connectivity index (χ0) is 23.4. The number of fused-ring (bicyclic) bond motifs is 1. The Labute approximate surface area is 194 Å². The number of carbonyl (C=O) groups is 1. The van der Waals surface area contributed by atoms with Gasteiger partial charge in [-0.3, -0.25) is 4.79 Å². The molecule has 0 aliphatic heterocycles. The topological polar surface area (TPSA) is 92.8 Å². The summed E-state index contributed by atoms with van der Waals surface area (Å²) in [7, 11) is 1.61. The second-order valence-electron chi connectivity index (χ2n) is 8.93. The molecule has 0 radical (unpaired) electrons. The second kappa shape index (κ2) is 10.0. The van der Waals surface area contributed by atoms with Crippen molar-refractivity contribution in [1.82, 2.24) is 14.8 Å². The Morgan fingerprint density at radius 2 is 2.09 bits per heavy atom. The lowest BCUT2D eigenvalue weighted by Crippen LogP contribution is -2.28. The number of methoxy groups -OCH3 is 1. The first kappa shape index (κ1) is 22.8. The summed E-state index contributed by atoms with van der Waals surface area (Å²) in [6.07, 6.45) is 9.17. The van der Waals surface area contributed by atoms with Crippen LogP contribution in [0.4, 0.5) is 5.82 Å². The van der Waals surface area contributed by atoms with Crippen molar-refractivity contribution in [1.29, 1.82) is 5.26 Å². The maximum atomic E-state index is 13.1. The monoisotopic (exact) mass is 445 g/mol. The number of unbranched alkanes of at least 4 members (excludes halogenated alkanes) is 1. The van der Waals surface area contributed by atoms with Crippen LogP contribution in [0.1, 0.15) is 63.0 Å². The van der Waals surface area contributed by atoms with E-state index < -0.39 is 0 Å². The molecule has 1 saturated carbocycles. The molecule has 1 amide bonds. The van der Waals surface area contributed by atoms with Gasteiger partial charge in [-0.2, -0.15) is 15.0 Å². The number of amides is 1. The summed E-state index contributed by atoms with van der Waals surface area (Å²) in [6, 6.07) is 9.84. The van der Waals surface area contributed by atoms with Gasteiger partial charge in [0.15, 0.2) is 11.6 Å². The van der Waals surface area contributed by atoms with Crippen LogP contribution in [0.3, 0.4) is 0 Å². The lowest BCUT2D eigenvalue weighted by molar-refractivity contribution is -0.121. The van der Waals surface area contributed by atoms with Crippen molar-refractivity contribution in [2.24, 2.45) is 11.8 Å². The molecule has 0 spiro atoms. The summed E-state index contributed by atoms with van der Waals surface area (Å²) < 4.78 is 7.04. The molecule has 3 aromatic rings. The van der Waals surface area contributed by atoms with E-state index in [0.29, 0.717) is 28.5 Å². The Bertz CT molecular complexity index is 1190. The van der Waals surface area contributed by atoms with Gasteiger partial charge in [-0.1, -0.05) is 38.3 Å². The Balaban J connectivity index is 1.60. The highest BCUT2D eigenvalue weighted by atomic mass is 16.5. The zero-order valence-corrected chi connectivity index (χ0v) is 19.6. The van der Waals surface area contributed by atoms with Gasteiger partial charge in [-0.05, 0) is 56.2 Å². The molecule has 7 heteroatoms. The van der Waals surface area contributed by atoms with Crippen LogP contribution in [0, 0.1) is 30.1 Å². The normalized spacial score (nSPS) is 18.1. The lowest BCUT2D eigenvalue weighted by atomic mass is 9.79. The number of aromatic nitrogens is 3. The number of para-hydroxylation sites is 1. The Hall–Kier alpha value is -3.40. The predicted octanol–water partition coefficient (Wildman–Crippen LogP) is 5.54. The quantitative estimate of drug-likeness (QED) is 0.515. The van der Waals surface area contributed by atoms with Gasteiger partial charge in [0.1, 0.15) is 22.9 Å². The Kier molecular flexibility index (Phi) is 6.93. The molecule has 0 unspecified atom stereocenters. The van der Waals surface area contributed by atoms with Gasteiger partial charge in [0.2, 0.25) is 5.91 Å². The largest absolute Gasteiger partial charge is 0.494 e. The number of carbonyl (C=O) groups excluding carboxylic acids is 1. The molecule has 0 saturated heterocycles. The van der Waals surface area contributed by atoms with Crippen molar-refractivity contribution < 1.29 is 9.53 Å². The predicted molar refractivity (Wildman–Crippen MR) is 128 cm³/mol. The molecule has 4 rings (SSSR count). The minimum absolute atomic E-state index is 0.0378. The minimum Gasteiger partial charge on any atom is -0.494 e. The van der Waals surface area contributed by atoms with Crippen LogP contribution in [0.25, 0.3) is 16.7 Å². The molecule has 7 nitrogen and oxygen atoms in total. The van der Waals surface area contributed by atoms with E-state index in [1.807, 2.05) is 31.2 Å². The molecule has 2 heterocycles. The fourth-order valence-electron chi connectivity index (χ4n) is 4.80. The molecule has 1 aliphatic rings. The van der Waals surface area contributed by atoms with E-state index in [9.17, 15) is 10.1 Å². The molecule has 1 aliphatic carbocycles. The van der Waals surface area contributed by atoms with Crippen molar-refractivity contribution in [2.45, 2.75) is 58.8 Å². The fourth-order valence-corrected chi connectivity index (χ4v) is 4.80. The highest BCUT2D eigenvalue weighted by molar-refractivity contribution is 5.93. The van der Waals surface area contributed by atoms with Crippen LogP contribution >= 0.6 is 0 Å². The number of ether oxygens (including phenoxy) is 1. The first-order valence-electron chi connectivity index (χ1n) is 11.8. The molecule has 1 N–H and O–H groups in total. The van der Waals surface area contributed by atoms with Crippen molar-refractivity contribution in [2.75, 3.05) is 12.4 Å². The summed E-state index contributed by atoms with van der Waals surface area (Å²) in [5.74, 6) is 2.22. The van der Waals surface area contributed by atoms with Crippen molar-refractivity contribution in [3.8, 4) is 17.6 Å². The maximum Gasteiger partial charge on any atom is 0.228 e. The zero-order valence-electron chi connectivity index (χ0n) is 19.6. The molecule has 33 heavy (non-hydrogen) atoms. The van der Waals surface area contributed by atoms with E-state index in [1.165, 1.54) is 25.5 Å². The maximum absolute atomic E-state index is 13.1. The molecule has 0 bridgehead atoms. The number of hydrogen-bond acceptors (Lipinski definition) is 5. The van der Waals surface area contributed by atoms with Gasteiger partial charge in [0.05, 0.1) is 13.3 Å². The number of nitrogens with zero attached hydrogens (tertiary/aromatic N) is 4. The lowest BCUT2D eigenvalue weighted by Gasteiger charge is -2.27. The highest BCUT2D eigenvalue weighted by Gasteiger charge is 2.28. The second-order valence-corrected chi connectivity index (χ2v) is 8.93. The fraction of sp³-hybridized carbons (Fsp3) is 0.462. The van der Waals surface area contributed by atoms with Gasteiger partial charge in [0, 0.05) is 11.3 Å². The van der Waals surface area contributed by atoms with Gasteiger partial charge in [0.25, 0.3) is 0 Å². The third-order valence-corrected chi connectivity index (χ3v) is 6.75. The van der Waals surface area contributed by atoms with E-state index in [1.54, 1.807) is 11.8 Å². The standard InChI is InChI=1S/C26H31N5O2/c1-4-5-7-18-10-12-19(13-11-18)26(32)30-25-20(15-27)16-28-31(25)23-14-17(2)21-8-6-9-22(33-3)24(21)29-23/h6,8-9,14,16,18-19H,4-5,7,10-13H2,1-3H3,(H,30,32). The van der Waals surface area contributed by atoms with E-state index in [0.717, 1.165) is 42.6 Å². The number of benzene rings is 1. The van der Waals surface area contributed by atoms with Crippen LogP contribution in [-0.4, -0.2) is 27.8 Å². The first-order chi connectivity index (χ1) is 16.0. The van der Waals surface area contributed by atoms with Gasteiger partial charge in [-0.15, -0.1) is 0 Å². The number of rotatable bonds is 7. The van der Waals surface area contributed by atoms with Gasteiger partial charge in [-0.25, -0.2) is 4.98 Å². The molecular formula is C26H31N5O2. The van der Waals surface area contributed by atoms with Crippen LogP contribution in [-0.2, 0) is 4.79 Å². The van der Waals surface area contributed by atoms with E-state index >= 15 is 0 Å². The summed E-state index contributed by atoms with van der Waals surface area (Å²) in [4.78, 5) is 17.9. The van der Waals surface area contributed by atoms with E-state index in [-0.39, 0.29) is 11.8 Å². The van der Waals surface area contributed by atoms with E-state index in [2.05, 4.69) is 23.4 Å². The molecule has 2 aromatic heterocycles. The first-order valence-corrected chi connectivity index (χ1v) is 11.8. The number of nitriles is 1. The van der Waals surface area contributed by atoms with Crippen LogP contribution in [0.5, 0.6) is 5.75 Å². The van der Waals surface area contributed by atoms with Crippen molar-refractivity contribution >= 4 is 22.6 Å². The van der Waals surface area contributed by atoms with Gasteiger partial charge < -0.3 is 10.1 Å². The molecule has 1 aromatic carbocycles. The molecule has 1 fully saturated rings. The average molecular weight is 446 g/mol.